The van der Waals surface area contributed by atoms with E-state index in [4.69, 9.17) is 18.9 Å². The Bertz CT molecular complexity index is 931. The van der Waals surface area contributed by atoms with Gasteiger partial charge in [0.15, 0.2) is 5.76 Å². The predicted molar refractivity (Wildman–Crippen MR) is 122 cm³/mol. The van der Waals surface area contributed by atoms with Gasteiger partial charge in [0.05, 0.1) is 26.4 Å². The summed E-state index contributed by atoms with van der Waals surface area (Å²) in [7, 11) is 3.18. The van der Waals surface area contributed by atoms with Crippen molar-refractivity contribution in [3.63, 3.8) is 0 Å². The van der Waals surface area contributed by atoms with E-state index < -0.39 is 0 Å². The number of carbonyl (C=O) groups excluding carboxylic acids is 1. The Kier molecular flexibility index (Phi) is 7.82. The molecule has 0 bridgehead atoms. The number of allylic oxidation sites excluding steroid dienone is 1. The number of hydrogen-bond donors (Lipinski definition) is 0. The molecule has 0 radical (unpaired) electrons. The van der Waals surface area contributed by atoms with Crippen LogP contribution < -0.4 is 18.9 Å². The van der Waals surface area contributed by atoms with Crippen molar-refractivity contribution >= 4 is 24.3 Å². The second-order valence-corrected chi connectivity index (χ2v) is 7.49. The third-order valence-corrected chi connectivity index (χ3v) is 5.40. The third kappa shape index (κ3) is 5.51. The number of nitrogens with zero attached hydrogens (tertiary/aromatic N) is 1. The lowest BCUT2D eigenvalue weighted by molar-refractivity contribution is 0.101. The summed E-state index contributed by atoms with van der Waals surface area (Å²) in [5.41, 5.74) is 1.31. The molecule has 2 aliphatic heterocycles. The van der Waals surface area contributed by atoms with Crippen LogP contribution in [0.4, 0.5) is 0 Å². The van der Waals surface area contributed by atoms with E-state index >= 15 is 0 Å². The number of hydrogen-bond acceptors (Lipinski definition) is 6. The first-order chi connectivity index (χ1) is 14.7. The molecule has 0 N–H and O–H groups in total. The molecule has 0 spiro atoms. The zero-order chi connectivity index (χ0) is 20.9. The Hall–Kier alpha value is -2.70. The minimum Gasteiger partial charge on any atom is -0.497 e. The molecule has 2 aromatic carbocycles. The number of Topliss-reactive ketones (excluding diaryl/α,β-unsaturated/α-hetero) is 1. The monoisotopic (exact) mass is 445 g/mol. The van der Waals surface area contributed by atoms with E-state index in [1.165, 1.54) is 25.9 Å². The summed E-state index contributed by atoms with van der Waals surface area (Å²) < 4.78 is 22.3. The lowest BCUT2D eigenvalue weighted by Crippen LogP contribution is -2.21. The van der Waals surface area contributed by atoms with Gasteiger partial charge < -0.3 is 23.8 Å². The lowest BCUT2D eigenvalue weighted by Gasteiger charge is -2.14. The third-order valence-electron chi connectivity index (χ3n) is 5.40. The smallest absolute Gasteiger partial charge is 0.231 e. The van der Waals surface area contributed by atoms with Crippen LogP contribution >= 0.6 is 12.4 Å². The first-order valence-electron chi connectivity index (χ1n) is 10.3. The molecule has 0 saturated carbocycles. The maximum atomic E-state index is 12.7. The van der Waals surface area contributed by atoms with Crippen molar-refractivity contribution in [3.8, 4) is 23.0 Å². The highest BCUT2D eigenvalue weighted by molar-refractivity contribution is 6.14. The first-order valence-corrected chi connectivity index (χ1v) is 10.3. The molecule has 6 nitrogen and oxygen atoms in total. The van der Waals surface area contributed by atoms with Gasteiger partial charge in [0, 0.05) is 18.7 Å². The van der Waals surface area contributed by atoms with Gasteiger partial charge in [-0.15, -0.1) is 12.4 Å². The summed E-state index contributed by atoms with van der Waals surface area (Å²) in [5, 5.41) is 0. The van der Waals surface area contributed by atoms with Crippen LogP contribution in [-0.4, -0.2) is 51.1 Å². The van der Waals surface area contributed by atoms with Crippen molar-refractivity contribution < 1.29 is 23.7 Å². The maximum absolute atomic E-state index is 12.7. The Morgan fingerprint density at radius 2 is 1.71 bits per heavy atom. The molecule has 0 amide bonds. The molecule has 7 heteroatoms. The van der Waals surface area contributed by atoms with Crippen molar-refractivity contribution in [2.45, 2.75) is 19.3 Å². The van der Waals surface area contributed by atoms with Crippen LogP contribution in [0.1, 0.15) is 35.2 Å². The molecular weight excluding hydrogens is 418 g/mol. The Morgan fingerprint density at radius 3 is 2.39 bits per heavy atom. The van der Waals surface area contributed by atoms with Crippen LogP contribution in [0.2, 0.25) is 0 Å². The molecule has 0 aromatic heterocycles. The van der Waals surface area contributed by atoms with E-state index in [2.05, 4.69) is 4.90 Å². The molecule has 1 saturated heterocycles. The van der Waals surface area contributed by atoms with Gasteiger partial charge >= 0.3 is 0 Å². The fraction of sp³-hybridized carbons (Fsp3) is 0.375. The molecule has 2 aliphatic rings. The average Bonchev–Trinajstić information content (AvgIpc) is 3.39. The Morgan fingerprint density at radius 1 is 1.00 bits per heavy atom. The molecule has 0 aliphatic carbocycles. The van der Waals surface area contributed by atoms with Crippen molar-refractivity contribution in [1.82, 2.24) is 4.90 Å². The Balaban J connectivity index is 0.00000272. The minimum absolute atomic E-state index is 0. The molecule has 2 aromatic rings. The van der Waals surface area contributed by atoms with Gasteiger partial charge in [0.25, 0.3) is 0 Å². The largest absolute Gasteiger partial charge is 0.497 e. The number of rotatable bonds is 8. The van der Waals surface area contributed by atoms with Crippen LogP contribution in [0.25, 0.3) is 6.08 Å². The predicted octanol–water partition coefficient (Wildman–Crippen LogP) is 4.61. The maximum Gasteiger partial charge on any atom is 0.231 e. The van der Waals surface area contributed by atoms with E-state index in [0.717, 1.165) is 18.5 Å². The van der Waals surface area contributed by atoms with E-state index in [9.17, 15) is 4.79 Å². The second-order valence-electron chi connectivity index (χ2n) is 7.49. The number of halogens is 1. The van der Waals surface area contributed by atoms with Gasteiger partial charge in [-0.3, -0.25) is 4.79 Å². The van der Waals surface area contributed by atoms with Crippen molar-refractivity contribution in [3.05, 3.63) is 53.3 Å². The SMILES string of the molecule is COc1cc(/C=C2\Oc3cc(OCCCN4CCCC4)ccc3C2=O)cc(OC)c1.Cl. The Labute approximate surface area is 189 Å². The summed E-state index contributed by atoms with van der Waals surface area (Å²) in [5.74, 6) is 2.66. The summed E-state index contributed by atoms with van der Waals surface area (Å²) in [6.45, 7) is 4.11. The average molecular weight is 446 g/mol. The fourth-order valence-corrected chi connectivity index (χ4v) is 3.81. The molecule has 4 rings (SSSR count). The number of carbonyl (C=O) groups is 1. The second kappa shape index (κ2) is 10.6. The summed E-state index contributed by atoms with van der Waals surface area (Å²) in [4.78, 5) is 15.2. The molecule has 1 fully saturated rings. The minimum atomic E-state index is -0.146. The van der Waals surface area contributed by atoms with Gasteiger partial charge in [0.2, 0.25) is 5.78 Å². The number of likely N-dealkylation sites (tertiary alicyclic amines) is 1. The highest BCUT2D eigenvalue weighted by Crippen LogP contribution is 2.35. The number of ether oxygens (including phenoxy) is 4. The van der Waals surface area contributed by atoms with Crippen molar-refractivity contribution in [2.75, 3.05) is 40.5 Å². The highest BCUT2D eigenvalue weighted by atomic mass is 35.5. The molecular formula is C24H28ClNO5. The quantitative estimate of drug-likeness (QED) is 0.437. The van der Waals surface area contributed by atoms with Gasteiger partial charge in [-0.25, -0.2) is 0 Å². The van der Waals surface area contributed by atoms with Gasteiger partial charge in [-0.2, -0.15) is 0 Å². The van der Waals surface area contributed by atoms with Crippen LogP contribution in [0, 0.1) is 0 Å². The van der Waals surface area contributed by atoms with Crippen molar-refractivity contribution in [1.29, 1.82) is 0 Å². The normalized spacial score (nSPS) is 16.6. The summed E-state index contributed by atoms with van der Waals surface area (Å²) >= 11 is 0. The molecule has 166 valence electrons. The van der Waals surface area contributed by atoms with E-state index in [-0.39, 0.29) is 23.9 Å². The van der Waals surface area contributed by atoms with Gasteiger partial charge in [-0.05, 0) is 68.3 Å². The van der Waals surface area contributed by atoms with Crippen LogP contribution in [0.3, 0.4) is 0 Å². The molecule has 31 heavy (non-hydrogen) atoms. The van der Waals surface area contributed by atoms with E-state index in [1.54, 1.807) is 38.5 Å². The van der Waals surface area contributed by atoms with Crippen molar-refractivity contribution in [2.24, 2.45) is 0 Å². The lowest BCUT2D eigenvalue weighted by atomic mass is 10.1. The summed E-state index contributed by atoms with van der Waals surface area (Å²) in [6, 6.07) is 10.8. The van der Waals surface area contributed by atoms with Crippen LogP contribution in [-0.2, 0) is 0 Å². The standard InChI is InChI=1S/C24H27NO5.ClH/c1-27-19-12-17(13-20(15-19)28-2)14-23-24(26)21-7-6-18(16-22(21)30-23)29-11-5-10-25-8-3-4-9-25;/h6-7,12-16H,3-5,8-11H2,1-2H3;1H/b23-14-;. The van der Waals surface area contributed by atoms with E-state index in [1.807, 2.05) is 18.2 Å². The number of ketones is 1. The fourth-order valence-electron chi connectivity index (χ4n) is 3.81. The topological polar surface area (TPSA) is 57.2 Å². The molecule has 0 atom stereocenters. The van der Waals surface area contributed by atoms with E-state index in [0.29, 0.717) is 35.2 Å². The summed E-state index contributed by atoms with van der Waals surface area (Å²) in [6.07, 6.45) is 5.29. The first kappa shape index (κ1) is 23.0. The molecule has 2 heterocycles. The van der Waals surface area contributed by atoms with Gasteiger partial charge in [-0.1, -0.05) is 0 Å². The number of fused-ring (bicyclic) bond motifs is 1. The zero-order valence-electron chi connectivity index (χ0n) is 17.9. The van der Waals surface area contributed by atoms with Gasteiger partial charge in [0.1, 0.15) is 23.0 Å². The van der Waals surface area contributed by atoms with Crippen LogP contribution in [0.15, 0.2) is 42.2 Å². The number of benzene rings is 2. The highest BCUT2D eigenvalue weighted by Gasteiger charge is 2.28. The number of methoxy groups -OCH3 is 2. The van der Waals surface area contributed by atoms with Crippen LogP contribution in [0.5, 0.6) is 23.0 Å². The zero-order valence-corrected chi connectivity index (χ0v) is 18.7. The molecule has 0 unspecified atom stereocenters.